The second kappa shape index (κ2) is 9.78. The fourth-order valence-corrected chi connectivity index (χ4v) is 3.33. The summed E-state index contributed by atoms with van der Waals surface area (Å²) in [5.41, 5.74) is 1.13. The highest BCUT2D eigenvalue weighted by atomic mass is 16.5. The number of nitrogens with zero attached hydrogens (tertiary/aromatic N) is 2. The van der Waals surface area contributed by atoms with E-state index in [1.807, 2.05) is 36.4 Å². The van der Waals surface area contributed by atoms with E-state index in [0.717, 1.165) is 16.7 Å². The van der Waals surface area contributed by atoms with E-state index in [9.17, 15) is 9.59 Å². The van der Waals surface area contributed by atoms with E-state index in [1.54, 1.807) is 54.4 Å². The van der Waals surface area contributed by atoms with Crippen molar-refractivity contribution < 1.29 is 14.3 Å². The number of amides is 1. The van der Waals surface area contributed by atoms with Crippen LogP contribution in [-0.2, 0) is 13.1 Å². The van der Waals surface area contributed by atoms with Crippen LogP contribution in [0.4, 0.5) is 0 Å². The molecule has 0 radical (unpaired) electrons. The number of ether oxygens (including phenoxy) is 2. The molecule has 1 N–H and O–H groups in total. The fraction of sp³-hybridized carbons (Fsp3) is 0.160. The van der Waals surface area contributed by atoms with Crippen molar-refractivity contribution in [2.24, 2.45) is 0 Å². The summed E-state index contributed by atoms with van der Waals surface area (Å²) in [5.74, 6) is 0.983. The Morgan fingerprint density at radius 2 is 1.91 bits per heavy atom. The Balaban J connectivity index is 1.46. The number of aromatic nitrogens is 2. The molecule has 4 rings (SSSR count). The van der Waals surface area contributed by atoms with Crippen molar-refractivity contribution in [3.63, 3.8) is 0 Å². The zero-order chi connectivity index (χ0) is 22.3. The first-order chi connectivity index (χ1) is 15.6. The molecule has 0 unspecified atom stereocenters. The maximum atomic E-state index is 13.0. The molecule has 2 aromatic heterocycles. The lowest BCUT2D eigenvalue weighted by Crippen LogP contribution is -2.25. The molecule has 0 fully saturated rings. The van der Waals surface area contributed by atoms with Crippen LogP contribution in [0.5, 0.6) is 11.6 Å². The Labute approximate surface area is 185 Å². The lowest BCUT2D eigenvalue weighted by atomic mass is 10.1. The Morgan fingerprint density at radius 1 is 1.06 bits per heavy atom. The van der Waals surface area contributed by atoms with Gasteiger partial charge in [-0.3, -0.25) is 9.59 Å². The molecule has 0 atom stereocenters. The van der Waals surface area contributed by atoms with Crippen LogP contribution in [0.2, 0.25) is 0 Å². The summed E-state index contributed by atoms with van der Waals surface area (Å²) in [7, 11) is 1.54. The zero-order valence-corrected chi connectivity index (χ0v) is 17.7. The van der Waals surface area contributed by atoms with Crippen LogP contribution in [0.25, 0.3) is 10.8 Å². The van der Waals surface area contributed by atoms with Crippen molar-refractivity contribution in [3.05, 3.63) is 101 Å². The SMILES string of the molecule is COc1cc(CNC(=O)c2ccc3ccn(CCOc4ccccc4)c(=O)c3c2)ccn1. The van der Waals surface area contributed by atoms with Crippen LogP contribution in [0.15, 0.2) is 83.9 Å². The molecule has 0 saturated heterocycles. The van der Waals surface area contributed by atoms with Gasteiger partial charge in [0.1, 0.15) is 12.4 Å². The summed E-state index contributed by atoms with van der Waals surface area (Å²) in [6, 6.07) is 20.0. The first-order valence-electron chi connectivity index (χ1n) is 10.2. The minimum Gasteiger partial charge on any atom is -0.492 e. The lowest BCUT2D eigenvalue weighted by molar-refractivity contribution is 0.0951. The van der Waals surface area contributed by atoms with Gasteiger partial charge in [-0.1, -0.05) is 24.3 Å². The van der Waals surface area contributed by atoms with Gasteiger partial charge in [-0.05, 0) is 47.3 Å². The monoisotopic (exact) mass is 429 g/mol. The highest BCUT2D eigenvalue weighted by molar-refractivity contribution is 5.98. The normalized spacial score (nSPS) is 10.7. The van der Waals surface area contributed by atoms with Gasteiger partial charge in [0.25, 0.3) is 11.5 Å². The first kappa shape index (κ1) is 21.1. The van der Waals surface area contributed by atoms with Crippen LogP contribution < -0.4 is 20.3 Å². The van der Waals surface area contributed by atoms with E-state index in [-0.39, 0.29) is 11.5 Å². The second-order valence-electron chi connectivity index (χ2n) is 7.17. The fourth-order valence-electron chi connectivity index (χ4n) is 3.33. The molecule has 0 spiro atoms. The molecule has 7 heteroatoms. The summed E-state index contributed by atoms with van der Waals surface area (Å²) in [4.78, 5) is 29.7. The first-order valence-corrected chi connectivity index (χ1v) is 10.2. The highest BCUT2D eigenvalue weighted by Crippen LogP contribution is 2.14. The molecule has 0 aliphatic rings. The smallest absolute Gasteiger partial charge is 0.258 e. The average molecular weight is 429 g/mol. The van der Waals surface area contributed by atoms with Gasteiger partial charge in [0, 0.05) is 36.0 Å². The van der Waals surface area contributed by atoms with Crippen LogP contribution >= 0.6 is 0 Å². The standard InChI is InChI=1S/C25H23N3O4/c1-31-23-15-18(9-11-26-23)17-27-24(29)20-8-7-19-10-12-28(25(30)22(19)16-20)13-14-32-21-5-3-2-4-6-21/h2-12,15-16H,13-14,17H2,1H3,(H,27,29). The van der Waals surface area contributed by atoms with Crippen LogP contribution in [0.1, 0.15) is 15.9 Å². The number of benzene rings is 2. The van der Waals surface area contributed by atoms with Gasteiger partial charge in [-0.25, -0.2) is 4.98 Å². The minimum atomic E-state index is -0.259. The number of hydrogen-bond acceptors (Lipinski definition) is 5. The topological polar surface area (TPSA) is 82.5 Å². The molecule has 0 saturated carbocycles. The summed E-state index contributed by atoms with van der Waals surface area (Å²) < 4.78 is 12.4. The largest absolute Gasteiger partial charge is 0.492 e. The van der Waals surface area contributed by atoms with Gasteiger partial charge >= 0.3 is 0 Å². The van der Waals surface area contributed by atoms with Gasteiger partial charge in [0.2, 0.25) is 5.88 Å². The van der Waals surface area contributed by atoms with E-state index in [1.165, 1.54) is 0 Å². The maximum Gasteiger partial charge on any atom is 0.258 e. The van der Waals surface area contributed by atoms with Gasteiger partial charge in [-0.2, -0.15) is 0 Å². The molecular formula is C25H23N3O4. The lowest BCUT2D eigenvalue weighted by Gasteiger charge is -2.10. The van der Waals surface area contributed by atoms with E-state index in [2.05, 4.69) is 10.3 Å². The predicted octanol–water partition coefficient (Wildman–Crippen LogP) is 3.41. The molecule has 32 heavy (non-hydrogen) atoms. The number of rotatable bonds is 8. The van der Waals surface area contributed by atoms with E-state index >= 15 is 0 Å². The van der Waals surface area contributed by atoms with Crippen LogP contribution in [-0.4, -0.2) is 29.2 Å². The van der Waals surface area contributed by atoms with E-state index < -0.39 is 0 Å². The number of nitrogens with one attached hydrogen (secondary N) is 1. The molecule has 0 aliphatic heterocycles. The maximum absolute atomic E-state index is 13.0. The molecule has 4 aromatic rings. The van der Waals surface area contributed by atoms with Crippen molar-refractivity contribution in [2.75, 3.05) is 13.7 Å². The number of carbonyl (C=O) groups excluding carboxylic acids is 1. The third-order valence-corrected chi connectivity index (χ3v) is 5.05. The average Bonchev–Trinajstić information content (AvgIpc) is 2.84. The van der Waals surface area contributed by atoms with Crippen LogP contribution in [0, 0.1) is 0 Å². The third kappa shape index (κ3) is 4.95. The summed E-state index contributed by atoms with van der Waals surface area (Å²) in [6.07, 6.45) is 3.37. The Morgan fingerprint density at radius 3 is 2.72 bits per heavy atom. The number of methoxy groups -OCH3 is 1. The van der Waals surface area contributed by atoms with Crippen molar-refractivity contribution in [2.45, 2.75) is 13.1 Å². The zero-order valence-electron chi connectivity index (χ0n) is 17.7. The minimum absolute atomic E-state index is 0.160. The Bertz CT molecular complexity index is 1290. The number of carbonyl (C=O) groups is 1. The van der Waals surface area contributed by atoms with Crippen LogP contribution in [0.3, 0.4) is 0 Å². The van der Waals surface area contributed by atoms with Gasteiger partial charge in [0.15, 0.2) is 0 Å². The molecule has 162 valence electrons. The number of pyridine rings is 2. The quantitative estimate of drug-likeness (QED) is 0.464. The highest BCUT2D eigenvalue weighted by Gasteiger charge is 2.10. The molecule has 0 aliphatic carbocycles. The van der Waals surface area contributed by atoms with E-state index in [4.69, 9.17) is 9.47 Å². The number of para-hydroxylation sites is 1. The molecule has 0 bridgehead atoms. The number of fused-ring (bicyclic) bond motifs is 1. The Hall–Kier alpha value is -4.13. The van der Waals surface area contributed by atoms with Crippen molar-refractivity contribution in [1.82, 2.24) is 14.9 Å². The predicted molar refractivity (Wildman–Crippen MR) is 122 cm³/mol. The van der Waals surface area contributed by atoms with Crippen molar-refractivity contribution in [3.8, 4) is 11.6 Å². The molecule has 2 aromatic carbocycles. The molecule has 2 heterocycles. The van der Waals surface area contributed by atoms with Crippen molar-refractivity contribution >= 4 is 16.7 Å². The summed E-state index contributed by atoms with van der Waals surface area (Å²) >= 11 is 0. The Kier molecular flexibility index (Phi) is 6.46. The molecule has 7 nitrogen and oxygen atoms in total. The van der Waals surface area contributed by atoms with E-state index in [0.29, 0.717) is 36.5 Å². The molecular weight excluding hydrogens is 406 g/mol. The third-order valence-electron chi connectivity index (χ3n) is 5.05. The van der Waals surface area contributed by atoms with Gasteiger partial charge in [-0.15, -0.1) is 0 Å². The molecule has 1 amide bonds. The van der Waals surface area contributed by atoms with Gasteiger partial charge < -0.3 is 19.4 Å². The second-order valence-corrected chi connectivity index (χ2v) is 7.17. The summed E-state index contributed by atoms with van der Waals surface area (Å²) in [6.45, 7) is 1.10. The number of hydrogen-bond donors (Lipinski definition) is 1. The van der Waals surface area contributed by atoms with Crippen molar-refractivity contribution in [1.29, 1.82) is 0 Å². The van der Waals surface area contributed by atoms with Gasteiger partial charge in [0.05, 0.1) is 13.7 Å². The summed E-state index contributed by atoms with van der Waals surface area (Å²) in [5, 5.41) is 4.14.